The summed E-state index contributed by atoms with van der Waals surface area (Å²) in [6.07, 6.45) is 4.86. The van der Waals surface area contributed by atoms with Crippen LogP contribution >= 0.6 is 11.3 Å². The minimum atomic E-state index is 0.268. The van der Waals surface area contributed by atoms with Crippen molar-refractivity contribution in [1.82, 2.24) is 15.2 Å². The van der Waals surface area contributed by atoms with Crippen LogP contribution in [0.4, 0.5) is 0 Å². The summed E-state index contributed by atoms with van der Waals surface area (Å²) in [5, 5.41) is 6.60. The molecule has 2 saturated heterocycles. The molecule has 2 aliphatic heterocycles. The second-order valence-electron chi connectivity index (χ2n) is 5.44. The molecule has 2 unspecified atom stereocenters. The van der Waals surface area contributed by atoms with Crippen molar-refractivity contribution in [2.45, 2.75) is 51.1 Å². The molecular weight excluding hydrogens is 258 g/mol. The number of carbonyl (C=O) groups excluding carboxylic acids is 1. The van der Waals surface area contributed by atoms with Crippen LogP contribution in [0.1, 0.15) is 36.9 Å². The highest BCUT2D eigenvalue weighted by Crippen LogP contribution is 2.28. The van der Waals surface area contributed by atoms with E-state index in [-0.39, 0.29) is 5.91 Å². The van der Waals surface area contributed by atoms with Crippen LogP contribution in [-0.4, -0.2) is 41.0 Å². The summed E-state index contributed by atoms with van der Waals surface area (Å²) in [6.45, 7) is 4.10. The molecule has 1 N–H and O–H groups in total. The van der Waals surface area contributed by atoms with Crippen molar-refractivity contribution in [3.05, 3.63) is 16.1 Å². The van der Waals surface area contributed by atoms with Gasteiger partial charge in [0.25, 0.3) is 0 Å². The number of nitrogens with zero attached hydrogens (tertiary/aromatic N) is 2. The van der Waals surface area contributed by atoms with Gasteiger partial charge in [-0.1, -0.05) is 6.92 Å². The summed E-state index contributed by atoms with van der Waals surface area (Å²) in [5.41, 5.74) is 0.948. The van der Waals surface area contributed by atoms with Gasteiger partial charge in [-0.3, -0.25) is 4.79 Å². The number of nitrogens with one attached hydrogen (secondary N) is 1. The largest absolute Gasteiger partial charge is 0.335 e. The minimum Gasteiger partial charge on any atom is -0.335 e. The van der Waals surface area contributed by atoms with E-state index in [9.17, 15) is 4.79 Å². The second-order valence-corrected chi connectivity index (χ2v) is 6.38. The van der Waals surface area contributed by atoms with Crippen LogP contribution < -0.4 is 5.32 Å². The van der Waals surface area contributed by atoms with E-state index >= 15 is 0 Å². The smallest absolute Gasteiger partial charge is 0.229 e. The summed E-state index contributed by atoms with van der Waals surface area (Å²) in [4.78, 5) is 19.2. The highest BCUT2D eigenvalue weighted by Gasteiger charge is 2.37. The highest BCUT2D eigenvalue weighted by molar-refractivity contribution is 7.09. The van der Waals surface area contributed by atoms with Crippen molar-refractivity contribution in [1.29, 1.82) is 0 Å². The van der Waals surface area contributed by atoms with Gasteiger partial charge in [0.1, 0.15) is 0 Å². The number of hydrogen-bond acceptors (Lipinski definition) is 4. The summed E-state index contributed by atoms with van der Waals surface area (Å²) < 4.78 is 0. The Morgan fingerprint density at radius 1 is 1.47 bits per heavy atom. The van der Waals surface area contributed by atoms with Gasteiger partial charge in [0.2, 0.25) is 5.91 Å². The number of thiazole rings is 1. The van der Waals surface area contributed by atoms with E-state index in [1.807, 2.05) is 5.38 Å². The molecule has 5 heteroatoms. The molecule has 1 amide bonds. The Hall–Kier alpha value is -0.940. The number of fused-ring (bicyclic) bond motifs is 2. The average Bonchev–Trinajstić information content (AvgIpc) is 2.92. The zero-order chi connectivity index (χ0) is 13.2. The summed E-state index contributed by atoms with van der Waals surface area (Å²) in [5.74, 6) is 0.268. The molecule has 3 heterocycles. The van der Waals surface area contributed by atoms with E-state index in [0.29, 0.717) is 18.5 Å². The van der Waals surface area contributed by atoms with Crippen LogP contribution in [0.3, 0.4) is 0 Å². The zero-order valence-electron chi connectivity index (χ0n) is 11.4. The number of aromatic nitrogens is 1. The van der Waals surface area contributed by atoms with Crippen molar-refractivity contribution in [3.63, 3.8) is 0 Å². The van der Waals surface area contributed by atoms with Crippen LogP contribution in [0.15, 0.2) is 5.38 Å². The van der Waals surface area contributed by atoms with Gasteiger partial charge in [-0.2, -0.15) is 0 Å². The molecule has 0 saturated carbocycles. The quantitative estimate of drug-likeness (QED) is 0.914. The topological polar surface area (TPSA) is 45.2 Å². The Morgan fingerprint density at radius 2 is 2.32 bits per heavy atom. The molecule has 2 fully saturated rings. The van der Waals surface area contributed by atoms with Gasteiger partial charge >= 0.3 is 0 Å². The molecule has 3 rings (SSSR count). The normalized spacial score (nSPS) is 26.5. The molecular formula is C14H21N3OS. The van der Waals surface area contributed by atoms with Crippen LogP contribution in [-0.2, 0) is 17.6 Å². The number of rotatable bonds is 3. The van der Waals surface area contributed by atoms with E-state index in [1.54, 1.807) is 11.3 Å². The molecule has 4 nitrogen and oxygen atoms in total. The van der Waals surface area contributed by atoms with Crippen molar-refractivity contribution >= 4 is 17.2 Å². The number of hydrogen-bond donors (Lipinski definition) is 1. The third-order valence-corrected chi connectivity index (χ3v) is 5.22. The van der Waals surface area contributed by atoms with E-state index in [0.717, 1.165) is 43.1 Å². The molecule has 104 valence electrons. The lowest BCUT2D eigenvalue weighted by atomic mass is 10.1. The van der Waals surface area contributed by atoms with E-state index in [1.165, 1.54) is 6.42 Å². The Morgan fingerprint density at radius 3 is 3.11 bits per heavy atom. The molecule has 0 spiro atoms. The summed E-state index contributed by atoms with van der Waals surface area (Å²) in [7, 11) is 0. The van der Waals surface area contributed by atoms with E-state index < -0.39 is 0 Å². The van der Waals surface area contributed by atoms with Gasteiger partial charge in [-0.15, -0.1) is 11.3 Å². The van der Waals surface area contributed by atoms with Gasteiger partial charge in [0.15, 0.2) is 0 Å². The first-order valence-electron chi connectivity index (χ1n) is 7.23. The first kappa shape index (κ1) is 13.1. The SMILES string of the molecule is CCc1nc(CC(=O)N2C3CCNCC2CC3)cs1. The minimum absolute atomic E-state index is 0.268. The molecule has 0 radical (unpaired) electrons. The molecule has 1 aromatic heterocycles. The van der Waals surface area contributed by atoms with Crippen LogP contribution in [0.25, 0.3) is 0 Å². The predicted octanol–water partition coefficient (Wildman–Crippen LogP) is 1.60. The van der Waals surface area contributed by atoms with Gasteiger partial charge in [-0.05, 0) is 32.2 Å². The molecule has 2 atom stereocenters. The molecule has 0 aromatic carbocycles. The third kappa shape index (κ3) is 2.67. The summed E-state index contributed by atoms with van der Waals surface area (Å²) >= 11 is 1.67. The highest BCUT2D eigenvalue weighted by atomic mass is 32.1. The summed E-state index contributed by atoms with van der Waals surface area (Å²) in [6, 6.07) is 0.862. The molecule has 0 aliphatic carbocycles. The lowest BCUT2D eigenvalue weighted by Crippen LogP contribution is -2.43. The Kier molecular flexibility index (Phi) is 3.84. The number of amides is 1. The standard InChI is InChI=1S/C14H21N3OS/c1-2-13-16-10(9-19-13)7-14(18)17-11-3-4-12(17)8-15-6-5-11/h9,11-12,15H,2-8H2,1H3. The maximum Gasteiger partial charge on any atom is 0.229 e. The Bertz CT molecular complexity index is 445. The fourth-order valence-corrected chi connectivity index (χ4v) is 3.97. The lowest BCUT2D eigenvalue weighted by Gasteiger charge is -2.27. The Balaban J connectivity index is 1.69. The number of carbonyl (C=O) groups is 1. The maximum atomic E-state index is 12.5. The first-order valence-corrected chi connectivity index (χ1v) is 8.11. The Labute approximate surface area is 118 Å². The van der Waals surface area contributed by atoms with Crippen molar-refractivity contribution in [3.8, 4) is 0 Å². The van der Waals surface area contributed by atoms with E-state index in [4.69, 9.17) is 0 Å². The van der Waals surface area contributed by atoms with Gasteiger partial charge < -0.3 is 10.2 Å². The van der Waals surface area contributed by atoms with Crippen molar-refractivity contribution < 1.29 is 4.79 Å². The zero-order valence-corrected chi connectivity index (χ0v) is 12.2. The second kappa shape index (κ2) is 5.59. The van der Waals surface area contributed by atoms with E-state index in [2.05, 4.69) is 22.1 Å². The van der Waals surface area contributed by atoms with Gasteiger partial charge in [0, 0.05) is 24.0 Å². The third-order valence-electron chi connectivity index (χ3n) is 4.18. The monoisotopic (exact) mass is 279 g/mol. The van der Waals surface area contributed by atoms with Gasteiger partial charge in [-0.25, -0.2) is 4.98 Å². The predicted molar refractivity (Wildman–Crippen MR) is 76.3 cm³/mol. The van der Waals surface area contributed by atoms with Crippen molar-refractivity contribution in [2.24, 2.45) is 0 Å². The fraction of sp³-hybridized carbons (Fsp3) is 0.714. The molecule has 2 bridgehead atoms. The number of aryl methyl sites for hydroxylation is 1. The van der Waals surface area contributed by atoms with Gasteiger partial charge in [0.05, 0.1) is 17.1 Å². The maximum absolute atomic E-state index is 12.5. The molecule has 2 aliphatic rings. The van der Waals surface area contributed by atoms with Crippen LogP contribution in [0.2, 0.25) is 0 Å². The van der Waals surface area contributed by atoms with Crippen LogP contribution in [0.5, 0.6) is 0 Å². The lowest BCUT2D eigenvalue weighted by molar-refractivity contribution is -0.133. The fourth-order valence-electron chi connectivity index (χ4n) is 3.23. The van der Waals surface area contributed by atoms with Crippen LogP contribution in [0, 0.1) is 0 Å². The first-order chi connectivity index (χ1) is 9.28. The van der Waals surface area contributed by atoms with Crippen molar-refractivity contribution in [2.75, 3.05) is 13.1 Å². The molecule has 1 aromatic rings. The molecule has 19 heavy (non-hydrogen) atoms. The average molecular weight is 279 g/mol.